The van der Waals surface area contributed by atoms with Crippen molar-refractivity contribution in [2.75, 3.05) is 21.0 Å². The van der Waals surface area contributed by atoms with Crippen LogP contribution >= 0.6 is 0 Å². The maximum atomic E-state index is 5.50. The molecular formula is C17H20O3. The first-order valence-electron chi connectivity index (χ1n) is 6.56. The van der Waals surface area contributed by atoms with Gasteiger partial charge in [0.15, 0.2) is 0 Å². The van der Waals surface area contributed by atoms with Crippen LogP contribution in [-0.2, 0) is 16.1 Å². The highest BCUT2D eigenvalue weighted by atomic mass is 16.7. The molecule has 0 amide bonds. The van der Waals surface area contributed by atoms with Gasteiger partial charge in [-0.3, -0.25) is 0 Å². The summed E-state index contributed by atoms with van der Waals surface area (Å²) in [6, 6.07) is 14.3. The summed E-state index contributed by atoms with van der Waals surface area (Å²) >= 11 is 0. The average Bonchev–Trinajstić information content (AvgIpc) is 2.48. The van der Waals surface area contributed by atoms with E-state index < -0.39 is 0 Å². The SMILES string of the molecule is COCOCc1ccccc1-c1c(C)cccc1OC. The molecule has 0 heterocycles. The molecule has 0 bridgehead atoms. The number of ether oxygens (including phenoxy) is 3. The van der Waals surface area contributed by atoms with Crippen LogP contribution in [0.5, 0.6) is 5.75 Å². The van der Waals surface area contributed by atoms with Crippen LogP contribution < -0.4 is 4.74 Å². The van der Waals surface area contributed by atoms with E-state index >= 15 is 0 Å². The summed E-state index contributed by atoms with van der Waals surface area (Å²) in [7, 11) is 3.32. The Bertz CT molecular complexity index is 564. The van der Waals surface area contributed by atoms with Crippen molar-refractivity contribution in [1.82, 2.24) is 0 Å². The van der Waals surface area contributed by atoms with Crippen molar-refractivity contribution < 1.29 is 14.2 Å². The second-order valence-corrected chi connectivity index (χ2v) is 4.56. The van der Waals surface area contributed by atoms with E-state index in [1.165, 1.54) is 5.56 Å². The van der Waals surface area contributed by atoms with Gasteiger partial charge in [0.2, 0.25) is 0 Å². The molecule has 0 N–H and O–H groups in total. The Morgan fingerprint density at radius 3 is 2.50 bits per heavy atom. The van der Waals surface area contributed by atoms with Gasteiger partial charge >= 0.3 is 0 Å². The summed E-state index contributed by atoms with van der Waals surface area (Å²) in [5.74, 6) is 0.879. The Morgan fingerprint density at radius 1 is 0.950 bits per heavy atom. The molecule has 0 fully saturated rings. The summed E-state index contributed by atoms with van der Waals surface area (Å²) in [6.07, 6.45) is 0. The number of hydrogen-bond donors (Lipinski definition) is 0. The lowest BCUT2D eigenvalue weighted by molar-refractivity contribution is -0.0389. The maximum absolute atomic E-state index is 5.50. The van der Waals surface area contributed by atoms with Gasteiger partial charge in [0.05, 0.1) is 13.7 Å². The zero-order valence-electron chi connectivity index (χ0n) is 12.2. The quantitative estimate of drug-likeness (QED) is 0.591. The van der Waals surface area contributed by atoms with Gasteiger partial charge in [0.25, 0.3) is 0 Å². The predicted molar refractivity (Wildman–Crippen MR) is 79.8 cm³/mol. The highest BCUT2D eigenvalue weighted by Gasteiger charge is 2.12. The molecule has 0 saturated heterocycles. The Kier molecular flexibility index (Phi) is 5.16. The third-order valence-electron chi connectivity index (χ3n) is 3.20. The summed E-state index contributed by atoms with van der Waals surface area (Å²) in [5, 5.41) is 0. The standard InChI is InChI=1S/C17H20O3/c1-13-7-6-10-16(19-3)17(13)15-9-5-4-8-14(15)11-20-12-18-2/h4-10H,11-12H2,1-3H3. The molecule has 2 aromatic rings. The Balaban J connectivity index is 2.42. The van der Waals surface area contributed by atoms with Crippen molar-refractivity contribution >= 4 is 0 Å². The molecule has 0 radical (unpaired) electrons. The molecule has 0 saturated carbocycles. The maximum Gasteiger partial charge on any atom is 0.146 e. The second-order valence-electron chi connectivity index (χ2n) is 4.56. The topological polar surface area (TPSA) is 27.7 Å². The number of methoxy groups -OCH3 is 2. The van der Waals surface area contributed by atoms with Gasteiger partial charge in [-0.05, 0) is 29.7 Å². The molecule has 106 valence electrons. The second kappa shape index (κ2) is 7.08. The van der Waals surface area contributed by atoms with E-state index in [1.54, 1.807) is 14.2 Å². The Labute approximate surface area is 120 Å². The lowest BCUT2D eigenvalue weighted by Gasteiger charge is -2.15. The average molecular weight is 272 g/mol. The molecule has 0 aliphatic carbocycles. The van der Waals surface area contributed by atoms with E-state index in [9.17, 15) is 0 Å². The zero-order chi connectivity index (χ0) is 14.4. The number of aryl methyl sites for hydroxylation is 1. The molecule has 0 atom stereocenters. The van der Waals surface area contributed by atoms with E-state index in [2.05, 4.69) is 25.1 Å². The minimum Gasteiger partial charge on any atom is -0.496 e. The van der Waals surface area contributed by atoms with E-state index in [4.69, 9.17) is 14.2 Å². The highest BCUT2D eigenvalue weighted by Crippen LogP contribution is 2.35. The van der Waals surface area contributed by atoms with Crippen molar-refractivity contribution in [3.05, 3.63) is 53.6 Å². The van der Waals surface area contributed by atoms with Crippen molar-refractivity contribution in [3.8, 4) is 16.9 Å². The predicted octanol–water partition coefficient (Wildman–Crippen LogP) is 3.79. The van der Waals surface area contributed by atoms with Gasteiger partial charge in [-0.25, -0.2) is 0 Å². The van der Waals surface area contributed by atoms with E-state index in [0.717, 1.165) is 22.4 Å². The molecule has 3 heteroatoms. The highest BCUT2D eigenvalue weighted by molar-refractivity contribution is 5.76. The van der Waals surface area contributed by atoms with Crippen LogP contribution in [0, 0.1) is 6.92 Å². The minimum atomic E-state index is 0.291. The normalized spacial score (nSPS) is 10.6. The lowest BCUT2D eigenvalue weighted by Crippen LogP contribution is -2.00. The molecule has 0 aliphatic rings. The van der Waals surface area contributed by atoms with Gasteiger partial charge in [0, 0.05) is 12.7 Å². The summed E-state index contributed by atoms with van der Waals surface area (Å²) in [6.45, 7) is 2.89. The Morgan fingerprint density at radius 2 is 1.75 bits per heavy atom. The van der Waals surface area contributed by atoms with Crippen LogP contribution in [0.4, 0.5) is 0 Å². The number of rotatable bonds is 6. The molecule has 0 spiro atoms. The molecule has 20 heavy (non-hydrogen) atoms. The van der Waals surface area contributed by atoms with Gasteiger partial charge < -0.3 is 14.2 Å². The fourth-order valence-corrected chi connectivity index (χ4v) is 2.28. The monoisotopic (exact) mass is 272 g/mol. The van der Waals surface area contributed by atoms with Crippen LogP contribution in [0.3, 0.4) is 0 Å². The fraction of sp³-hybridized carbons (Fsp3) is 0.294. The van der Waals surface area contributed by atoms with Gasteiger partial charge in [-0.1, -0.05) is 36.4 Å². The van der Waals surface area contributed by atoms with Gasteiger partial charge in [-0.2, -0.15) is 0 Å². The van der Waals surface area contributed by atoms with E-state index in [0.29, 0.717) is 13.4 Å². The van der Waals surface area contributed by atoms with Crippen LogP contribution in [0.2, 0.25) is 0 Å². The zero-order valence-corrected chi connectivity index (χ0v) is 12.2. The van der Waals surface area contributed by atoms with Crippen molar-refractivity contribution in [3.63, 3.8) is 0 Å². The van der Waals surface area contributed by atoms with Gasteiger partial charge in [0.1, 0.15) is 12.5 Å². The Hall–Kier alpha value is -1.84. The summed E-state index contributed by atoms with van der Waals surface area (Å²) in [4.78, 5) is 0. The molecule has 3 nitrogen and oxygen atoms in total. The van der Waals surface area contributed by atoms with Gasteiger partial charge in [-0.15, -0.1) is 0 Å². The summed E-state index contributed by atoms with van der Waals surface area (Å²) in [5.41, 5.74) is 4.56. The summed E-state index contributed by atoms with van der Waals surface area (Å²) < 4.78 is 15.9. The van der Waals surface area contributed by atoms with E-state index in [-0.39, 0.29) is 0 Å². The van der Waals surface area contributed by atoms with Crippen LogP contribution in [0.15, 0.2) is 42.5 Å². The van der Waals surface area contributed by atoms with Crippen LogP contribution in [-0.4, -0.2) is 21.0 Å². The molecule has 0 aliphatic heterocycles. The number of hydrogen-bond acceptors (Lipinski definition) is 3. The molecule has 2 rings (SSSR count). The minimum absolute atomic E-state index is 0.291. The fourth-order valence-electron chi connectivity index (χ4n) is 2.28. The first kappa shape index (κ1) is 14.6. The third-order valence-corrected chi connectivity index (χ3v) is 3.20. The third kappa shape index (κ3) is 3.18. The first-order chi connectivity index (χ1) is 9.77. The van der Waals surface area contributed by atoms with Crippen molar-refractivity contribution in [2.24, 2.45) is 0 Å². The lowest BCUT2D eigenvalue weighted by atomic mass is 9.95. The molecule has 0 unspecified atom stereocenters. The molecular weight excluding hydrogens is 252 g/mol. The van der Waals surface area contributed by atoms with Crippen molar-refractivity contribution in [2.45, 2.75) is 13.5 Å². The van der Waals surface area contributed by atoms with Crippen LogP contribution in [0.1, 0.15) is 11.1 Å². The first-order valence-corrected chi connectivity index (χ1v) is 6.56. The van der Waals surface area contributed by atoms with Crippen molar-refractivity contribution in [1.29, 1.82) is 0 Å². The van der Waals surface area contributed by atoms with Crippen LogP contribution in [0.25, 0.3) is 11.1 Å². The molecule has 0 aromatic heterocycles. The smallest absolute Gasteiger partial charge is 0.146 e. The van der Waals surface area contributed by atoms with E-state index in [1.807, 2.05) is 24.3 Å². The number of benzene rings is 2. The largest absolute Gasteiger partial charge is 0.496 e. The molecule has 2 aromatic carbocycles.